The van der Waals surface area contributed by atoms with Crippen molar-refractivity contribution < 1.29 is 21.8 Å². The largest absolute Gasteiger partial charge is 0.352 e. The van der Waals surface area contributed by atoms with Crippen LogP contribution in [0.1, 0.15) is 37.8 Å². The first-order chi connectivity index (χ1) is 17.2. The number of aliphatic imine (C=N–C) groups is 1. The molecule has 5 rings (SSSR count). The van der Waals surface area contributed by atoms with Crippen LogP contribution in [-0.4, -0.2) is 58.0 Å². The highest BCUT2D eigenvalue weighted by Crippen LogP contribution is 2.42. The second-order valence-electron chi connectivity index (χ2n) is 8.64. The maximum Gasteiger partial charge on any atom is 0.251 e. The monoisotopic (exact) mass is 571 g/mol. The maximum atomic E-state index is 13.8. The highest BCUT2D eigenvalue weighted by atomic mass is 35.5. The molecule has 36 heavy (non-hydrogen) atoms. The van der Waals surface area contributed by atoms with Crippen LogP contribution in [0.4, 0.5) is 4.39 Å². The first kappa shape index (κ1) is 25.5. The van der Waals surface area contributed by atoms with E-state index in [1.165, 1.54) is 29.7 Å². The summed E-state index contributed by atoms with van der Waals surface area (Å²) in [6.45, 7) is 2.28. The van der Waals surface area contributed by atoms with Crippen LogP contribution in [0.15, 0.2) is 50.4 Å². The molecule has 1 unspecified atom stereocenters. The number of carbonyl (C=O) groups is 1. The summed E-state index contributed by atoms with van der Waals surface area (Å²) in [5.74, 6) is -0.948. The zero-order chi connectivity index (χ0) is 25.6. The number of fused-ring (bicyclic) bond motifs is 1. The number of thiazole rings is 1. The van der Waals surface area contributed by atoms with Gasteiger partial charge in [-0.1, -0.05) is 17.7 Å². The fourth-order valence-corrected chi connectivity index (χ4v) is 8.20. The number of benzene rings is 1. The Labute approximate surface area is 219 Å². The molecule has 1 saturated carbocycles. The normalized spacial score (nSPS) is 22.9. The van der Waals surface area contributed by atoms with E-state index in [0.717, 1.165) is 6.07 Å². The van der Waals surface area contributed by atoms with Crippen LogP contribution in [0.25, 0.3) is 0 Å². The lowest BCUT2D eigenvalue weighted by atomic mass is 9.94. The van der Waals surface area contributed by atoms with E-state index in [0.29, 0.717) is 35.0 Å². The minimum atomic E-state index is -3.51. The number of hydrogen-bond acceptors (Lipinski definition) is 8. The van der Waals surface area contributed by atoms with E-state index in [2.05, 4.69) is 15.0 Å². The second-order valence-corrected chi connectivity index (χ2v) is 13.5. The van der Waals surface area contributed by atoms with Crippen LogP contribution in [0, 0.1) is 5.82 Å². The highest BCUT2D eigenvalue weighted by molar-refractivity contribution is 8.02. The molecule has 0 spiro atoms. The third-order valence-electron chi connectivity index (χ3n) is 6.09. The van der Waals surface area contributed by atoms with Gasteiger partial charge >= 0.3 is 0 Å². The van der Waals surface area contributed by atoms with E-state index in [1.807, 2.05) is 0 Å². The lowest BCUT2D eigenvalue weighted by Crippen LogP contribution is -2.42. The van der Waals surface area contributed by atoms with Crippen molar-refractivity contribution in [3.05, 3.63) is 57.4 Å². The Kier molecular flexibility index (Phi) is 7.03. The van der Waals surface area contributed by atoms with Crippen LogP contribution in [0.3, 0.4) is 0 Å². The third-order valence-corrected chi connectivity index (χ3v) is 10.8. The number of carbonyl (C=O) groups excluding carboxylic acids is 1. The molecule has 192 valence electrons. The summed E-state index contributed by atoms with van der Waals surface area (Å²) in [6.07, 6.45) is 2.96. The molecule has 1 aromatic heterocycles. The number of amidine groups is 1. The van der Waals surface area contributed by atoms with Crippen molar-refractivity contribution >= 4 is 54.8 Å². The fourth-order valence-electron chi connectivity index (χ4n) is 4.36. The third kappa shape index (κ3) is 4.86. The summed E-state index contributed by atoms with van der Waals surface area (Å²) < 4.78 is 55.8. The number of sulfonamides is 1. The van der Waals surface area contributed by atoms with Crippen LogP contribution in [0.5, 0.6) is 0 Å². The summed E-state index contributed by atoms with van der Waals surface area (Å²) >= 11 is 7.58. The first-order valence-electron chi connectivity index (χ1n) is 11.3. The maximum absolute atomic E-state index is 13.8. The van der Waals surface area contributed by atoms with Gasteiger partial charge in [-0.25, -0.2) is 31.7 Å². The molecule has 3 heterocycles. The summed E-state index contributed by atoms with van der Waals surface area (Å²) in [6, 6.07) is 2.30. The van der Waals surface area contributed by atoms with Gasteiger partial charge in [0.1, 0.15) is 11.9 Å². The Morgan fingerprint density at radius 2 is 2.14 bits per heavy atom. The lowest BCUT2D eigenvalue weighted by molar-refractivity contribution is -0.117. The molecule has 1 aliphatic carbocycles. The van der Waals surface area contributed by atoms with E-state index in [1.54, 1.807) is 17.2 Å². The molecule has 3 atom stereocenters. The van der Waals surface area contributed by atoms with Crippen molar-refractivity contribution in [3.8, 4) is 0 Å². The number of nitrogens with zero attached hydrogens (tertiary/aromatic N) is 3. The molecule has 2 aliphatic heterocycles. The van der Waals surface area contributed by atoms with Crippen molar-refractivity contribution in [1.82, 2.24) is 19.9 Å². The molecule has 2 N–H and O–H groups in total. The number of hydrogen-bond donors (Lipinski definition) is 2. The average molecular weight is 572 g/mol. The predicted molar refractivity (Wildman–Crippen MR) is 136 cm³/mol. The summed E-state index contributed by atoms with van der Waals surface area (Å²) in [5.41, 5.74) is 1.14. The SMILES string of the molecule is CCNC(=O)C1=C2C[C@H](NS(=O)(=O)C3CC3)CN2C(S(=O)c2nccs2)=N[C@H]1c1ccc(F)cc1Cl. The van der Waals surface area contributed by atoms with Gasteiger partial charge in [0.2, 0.25) is 15.2 Å². The molecule has 9 nitrogen and oxygen atoms in total. The standard InChI is InChI=1S/C22H23ClFN5O4S3/c1-2-25-20(30)18-17-10-13(28-36(32,33)14-4-5-14)11-29(17)21(35(31)22-26-7-8-34-22)27-19(18)15-6-3-12(24)9-16(15)23/h3,6-9,13-14,19,28H,2,4-5,10-11H2,1H3,(H,25,30)/t13-,19-,35?/m0/s1. The smallest absolute Gasteiger partial charge is 0.251 e. The Balaban J connectivity index is 1.63. The first-order valence-corrected chi connectivity index (χ1v) is 15.3. The van der Waals surface area contributed by atoms with Crippen molar-refractivity contribution in [1.29, 1.82) is 0 Å². The van der Waals surface area contributed by atoms with Gasteiger partial charge in [0, 0.05) is 53.4 Å². The van der Waals surface area contributed by atoms with Gasteiger partial charge < -0.3 is 10.2 Å². The molecule has 0 radical (unpaired) electrons. The van der Waals surface area contributed by atoms with Crippen LogP contribution >= 0.6 is 22.9 Å². The topological polar surface area (TPSA) is 121 Å². The van der Waals surface area contributed by atoms with Crippen molar-refractivity contribution in [2.45, 2.75) is 47.9 Å². The number of aromatic nitrogens is 1. The molecular weight excluding hydrogens is 549 g/mol. The number of nitrogens with one attached hydrogen (secondary N) is 2. The van der Waals surface area contributed by atoms with Gasteiger partial charge in [-0.3, -0.25) is 4.79 Å². The minimum absolute atomic E-state index is 0.0722. The Bertz CT molecular complexity index is 1390. The molecule has 0 bridgehead atoms. The summed E-state index contributed by atoms with van der Waals surface area (Å²) in [5, 5.41) is 4.29. The zero-order valence-corrected chi connectivity index (χ0v) is 22.3. The van der Waals surface area contributed by atoms with Crippen molar-refractivity contribution in [2.24, 2.45) is 4.99 Å². The molecule has 2 aromatic rings. The number of halogens is 2. The van der Waals surface area contributed by atoms with Gasteiger partial charge in [-0.2, -0.15) is 0 Å². The van der Waals surface area contributed by atoms with Gasteiger partial charge in [-0.15, -0.1) is 11.3 Å². The number of rotatable bonds is 7. The van der Waals surface area contributed by atoms with Gasteiger partial charge in [-0.05, 0) is 31.9 Å². The van der Waals surface area contributed by atoms with Gasteiger partial charge in [0.05, 0.1) is 10.8 Å². The Morgan fingerprint density at radius 1 is 1.36 bits per heavy atom. The highest BCUT2D eigenvalue weighted by Gasteiger charge is 2.45. The van der Waals surface area contributed by atoms with Crippen molar-refractivity contribution in [3.63, 3.8) is 0 Å². The summed E-state index contributed by atoms with van der Waals surface area (Å²) in [4.78, 5) is 23.8. The average Bonchev–Trinajstić information content (AvgIpc) is 3.40. The predicted octanol–water partition coefficient (Wildman–Crippen LogP) is 2.70. The number of likely N-dealkylation sites (N-methyl/N-ethyl adjacent to an activating group) is 1. The molecule has 1 aromatic carbocycles. The van der Waals surface area contributed by atoms with E-state index >= 15 is 0 Å². The zero-order valence-electron chi connectivity index (χ0n) is 19.1. The molecular formula is C22H23ClFN5O4S3. The Morgan fingerprint density at radius 3 is 2.78 bits per heavy atom. The van der Waals surface area contributed by atoms with Crippen molar-refractivity contribution in [2.75, 3.05) is 13.1 Å². The van der Waals surface area contributed by atoms with E-state index < -0.39 is 49.9 Å². The quantitative estimate of drug-likeness (QED) is 0.527. The van der Waals surface area contributed by atoms with Crippen LogP contribution in [-0.2, 0) is 25.6 Å². The minimum Gasteiger partial charge on any atom is -0.352 e. The lowest BCUT2D eigenvalue weighted by Gasteiger charge is -2.32. The van der Waals surface area contributed by atoms with Gasteiger partial charge in [0.15, 0.2) is 15.1 Å². The molecule has 1 saturated heterocycles. The second kappa shape index (κ2) is 9.93. The van der Waals surface area contributed by atoms with Crippen LogP contribution < -0.4 is 10.0 Å². The molecule has 14 heteroatoms. The van der Waals surface area contributed by atoms with E-state index in [4.69, 9.17) is 16.6 Å². The molecule has 1 amide bonds. The fraction of sp³-hybridized carbons (Fsp3) is 0.409. The molecule has 3 aliphatic rings. The van der Waals surface area contributed by atoms with Gasteiger partial charge in [0.25, 0.3) is 5.91 Å². The van der Waals surface area contributed by atoms with E-state index in [9.17, 15) is 21.8 Å². The molecule has 2 fully saturated rings. The Hall–Kier alpha value is -2.19. The summed E-state index contributed by atoms with van der Waals surface area (Å²) in [7, 11) is -5.31. The van der Waals surface area contributed by atoms with Crippen LogP contribution in [0.2, 0.25) is 5.02 Å². The number of amides is 1. The van der Waals surface area contributed by atoms with E-state index in [-0.39, 0.29) is 28.7 Å².